The van der Waals surface area contributed by atoms with Crippen molar-refractivity contribution in [1.82, 2.24) is 4.90 Å². The summed E-state index contributed by atoms with van der Waals surface area (Å²) in [7, 11) is 0. The zero-order chi connectivity index (χ0) is 12.4. The highest BCUT2D eigenvalue weighted by atomic mass is 32.1. The zero-order valence-electron chi connectivity index (χ0n) is 9.77. The molecule has 94 valence electrons. The van der Waals surface area contributed by atoms with E-state index in [0.29, 0.717) is 25.5 Å². The minimum absolute atomic E-state index is 0.0905. The molecule has 0 rings (SSSR count). The molecule has 0 aliphatic carbocycles. The van der Waals surface area contributed by atoms with Crippen LogP contribution in [0, 0.1) is 0 Å². The average Bonchev–Trinajstić information content (AvgIpc) is 2.18. The summed E-state index contributed by atoms with van der Waals surface area (Å²) in [5.41, 5.74) is 0. The number of hydrogen-bond donors (Lipinski definition) is 1. The quantitative estimate of drug-likeness (QED) is 0.497. The second-order valence-corrected chi connectivity index (χ2v) is 3.49. The van der Waals surface area contributed by atoms with E-state index in [1.807, 2.05) is 0 Å². The molecule has 0 saturated heterocycles. The molecule has 0 aliphatic heterocycles. The Morgan fingerprint density at radius 3 is 1.81 bits per heavy atom. The molecule has 0 heterocycles. The Balaban J connectivity index is 4.05. The minimum atomic E-state index is -0.339. The summed E-state index contributed by atoms with van der Waals surface area (Å²) in [6, 6.07) is 0. The summed E-state index contributed by atoms with van der Waals surface area (Å²) in [4.78, 5) is 24.1. The number of rotatable bonds is 8. The predicted molar refractivity (Wildman–Crippen MR) is 63.6 cm³/mol. The van der Waals surface area contributed by atoms with E-state index in [2.05, 4.69) is 12.6 Å². The summed E-state index contributed by atoms with van der Waals surface area (Å²) >= 11 is 4.06. The van der Waals surface area contributed by atoms with Gasteiger partial charge in [0.1, 0.15) is 0 Å². The Morgan fingerprint density at radius 1 is 1.06 bits per heavy atom. The van der Waals surface area contributed by atoms with Crippen molar-refractivity contribution in [1.29, 1.82) is 0 Å². The van der Waals surface area contributed by atoms with Gasteiger partial charge in [-0.1, -0.05) is 0 Å². The molecule has 0 amide bonds. The summed E-state index contributed by atoms with van der Waals surface area (Å²) in [5.74, 6) is -0.110. The minimum Gasteiger partial charge on any atom is -0.465 e. The lowest BCUT2D eigenvalue weighted by atomic mass is 10.4. The maximum absolute atomic E-state index is 11.2. The average molecular weight is 249 g/mol. The third kappa shape index (κ3) is 7.53. The molecule has 0 saturated carbocycles. The van der Waals surface area contributed by atoms with Crippen molar-refractivity contribution in [3.63, 3.8) is 0 Å². The van der Waals surface area contributed by atoms with Gasteiger partial charge in [0.15, 0.2) is 0 Å². The number of hydrogen-bond acceptors (Lipinski definition) is 6. The topological polar surface area (TPSA) is 55.8 Å². The lowest BCUT2D eigenvalue weighted by molar-refractivity contribution is -0.147. The lowest BCUT2D eigenvalue weighted by Crippen LogP contribution is -2.37. The van der Waals surface area contributed by atoms with Gasteiger partial charge in [0.05, 0.1) is 26.3 Å². The van der Waals surface area contributed by atoms with Crippen LogP contribution in [0.2, 0.25) is 0 Å². The van der Waals surface area contributed by atoms with Crippen molar-refractivity contribution in [2.45, 2.75) is 13.8 Å². The molecular formula is C10H19NO4S. The van der Waals surface area contributed by atoms with Crippen LogP contribution in [0.25, 0.3) is 0 Å². The van der Waals surface area contributed by atoms with E-state index in [0.717, 1.165) is 0 Å². The second kappa shape index (κ2) is 9.47. The first kappa shape index (κ1) is 15.2. The van der Waals surface area contributed by atoms with Crippen molar-refractivity contribution in [3.8, 4) is 0 Å². The Hall–Kier alpha value is -0.750. The van der Waals surface area contributed by atoms with Gasteiger partial charge < -0.3 is 9.47 Å². The Morgan fingerprint density at radius 2 is 1.50 bits per heavy atom. The molecule has 0 N–H and O–H groups in total. The fourth-order valence-corrected chi connectivity index (χ4v) is 1.42. The molecule has 0 aromatic heterocycles. The van der Waals surface area contributed by atoms with E-state index in [1.165, 1.54) is 0 Å². The molecule has 0 bridgehead atoms. The van der Waals surface area contributed by atoms with Crippen LogP contribution in [-0.4, -0.2) is 55.4 Å². The summed E-state index contributed by atoms with van der Waals surface area (Å²) in [5, 5.41) is 0. The number of carbonyl (C=O) groups is 2. The van der Waals surface area contributed by atoms with Crippen molar-refractivity contribution in [2.24, 2.45) is 0 Å². The fraction of sp³-hybridized carbons (Fsp3) is 0.800. The van der Waals surface area contributed by atoms with Gasteiger partial charge in [-0.15, -0.1) is 0 Å². The van der Waals surface area contributed by atoms with E-state index >= 15 is 0 Å². The van der Waals surface area contributed by atoms with Crippen LogP contribution in [0.3, 0.4) is 0 Å². The maximum Gasteiger partial charge on any atom is 0.320 e. The highest BCUT2D eigenvalue weighted by Gasteiger charge is 2.15. The standard InChI is InChI=1S/C10H19NO4S/c1-3-14-9(12)7-11(5-6-16)8-10(13)15-4-2/h16H,3-8H2,1-2H3. The third-order valence-electron chi connectivity index (χ3n) is 1.73. The van der Waals surface area contributed by atoms with Crippen molar-refractivity contribution in [3.05, 3.63) is 0 Å². The molecule has 0 atom stereocenters. The zero-order valence-corrected chi connectivity index (χ0v) is 10.7. The smallest absolute Gasteiger partial charge is 0.320 e. The Labute approximate surface area is 101 Å². The van der Waals surface area contributed by atoms with Crippen LogP contribution in [-0.2, 0) is 19.1 Å². The van der Waals surface area contributed by atoms with Crippen LogP contribution in [0.5, 0.6) is 0 Å². The molecular weight excluding hydrogens is 230 g/mol. The van der Waals surface area contributed by atoms with Gasteiger partial charge >= 0.3 is 11.9 Å². The van der Waals surface area contributed by atoms with Crippen molar-refractivity contribution >= 4 is 24.6 Å². The Bertz CT molecular complexity index is 203. The highest BCUT2D eigenvalue weighted by Crippen LogP contribution is 1.94. The van der Waals surface area contributed by atoms with Gasteiger partial charge in [-0.25, -0.2) is 0 Å². The summed E-state index contributed by atoms with van der Waals surface area (Å²) < 4.78 is 9.61. The van der Waals surface area contributed by atoms with E-state index in [-0.39, 0.29) is 25.0 Å². The van der Waals surface area contributed by atoms with Crippen LogP contribution in [0.15, 0.2) is 0 Å². The van der Waals surface area contributed by atoms with E-state index < -0.39 is 0 Å². The first-order chi connectivity index (χ1) is 7.63. The largest absolute Gasteiger partial charge is 0.465 e. The highest BCUT2D eigenvalue weighted by molar-refractivity contribution is 7.80. The molecule has 0 aromatic carbocycles. The van der Waals surface area contributed by atoms with Gasteiger partial charge in [-0.2, -0.15) is 12.6 Å². The first-order valence-corrected chi connectivity index (χ1v) is 5.91. The Kier molecular flexibility index (Phi) is 9.03. The number of ether oxygens (including phenoxy) is 2. The van der Waals surface area contributed by atoms with Gasteiger partial charge in [0.2, 0.25) is 0 Å². The van der Waals surface area contributed by atoms with Crippen LogP contribution >= 0.6 is 12.6 Å². The molecule has 0 spiro atoms. The number of carbonyl (C=O) groups excluding carboxylic acids is 2. The van der Waals surface area contributed by atoms with Gasteiger partial charge in [-0.05, 0) is 13.8 Å². The monoisotopic (exact) mass is 249 g/mol. The maximum atomic E-state index is 11.2. The SMILES string of the molecule is CCOC(=O)CN(CCS)CC(=O)OCC. The molecule has 0 aliphatic rings. The van der Waals surface area contributed by atoms with Gasteiger partial charge in [-0.3, -0.25) is 14.5 Å². The van der Waals surface area contributed by atoms with Crippen molar-refractivity contribution < 1.29 is 19.1 Å². The normalized spacial score (nSPS) is 10.2. The summed E-state index contributed by atoms with van der Waals surface area (Å²) in [6.07, 6.45) is 0. The van der Waals surface area contributed by atoms with Crippen LogP contribution in [0.4, 0.5) is 0 Å². The number of nitrogens with zero attached hydrogens (tertiary/aromatic N) is 1. The second-order valence-electron chi connectivity index (χ2n) is 3.04. The van der Waals surface area contributed by atoms with E-state index in [4.69, 9.17) is 9.47 Å². The molecule has 0 radical (unpaired) electrons. The van der Waals surface area contributed by atoms with Crippen LogP contribution in [0.1, 0.15) is 13.8 Å². The van der Waals surface area contributed by atoms with Gasteiger partial charge in [0, 0.05) is 12.3 Å². The third-order valence-corrected chi connectivity index (χ3v) is 1.93. The van der Waals surface area contributed by atoms with Crippen LogP contribution < -0.4 is 0 Å². The van der Waals surface area contributed by atoms with E-state index in [1.54, 1.807) is 18.7 Å². The molecule has 0 aromatic rings. The number of esters is 2. The lowest BCUT2D eigenvalue weighted by Gasteiger charge is -2.18. The van der Waals surface area contributed by atoms with Gasteiger partial charge in [0.25, 0.3) is 0 Å². The van der Waals surface area contributed by atoms with Crippen molar-refractivity contribution in [2.75, 3.05) is 38.6 Å². The first-order valence-electron chi connectivity index (χ1n) is 5.28. The number of thiol groups is 1. The molecule has 0 fully saturated rings. The molecule has 6 heteroatoms. The van der Waals surface area contributed by atoms with E-state index in [9.17, 15) is 9.59 Å². The summed E-state index contributed by atoms with van der Waals surface area (Å²) in [6.45, 7) is 4.89. The molecule has 5 nitrogen and oxygen atoms in total. The molecule has 16 heavy (non-hydrogen) atoms. The molecule has 0 unspecified atom stereocenters. The fourth-order valence-electron chi connectivity index (χ4n) is 1.13. The predicted octanol–water partition coefficient (Wildman–Crippen LogP) is 0.344.